The Bertz CT molecular complexity index is 1010. The number of aromatic hydroxyl groups is 1. The lowest BCUT2D eigenvalue weighted by molar-refractivity contribution is -0.137. The Balaban J connectivity index is 1.51. The maximum atomic E-state index is 12.8. The normalized spacial score (nSPS) is 16.1. The number of hydrogen-bond donors (Lipinski definition) is 1. The van der Waals surface area contributed by atoms with E-state index in [1.807, 2.05) is 18.2 Å². The molecule has 1 atom stereocenters. The van der Waals surface area contributed by atoms with Gasteiger partial charge in [-0.1, -0.05) is 25.1 Å². The van der Waals surface area contributed by atoms with Gasteiger partial charge in [0.2, 0.25) is 0 Å². The topological polar surface area (TPSA) is 23.5 Å². The van der Waals surface area contributed by atoms with Gasteiger partial charge in [-0.05, 0) is 72.4 Å². The molecule has 0 radical (unpaired) electrons. The van der Waals surface area contributed by atoms with Gasteiger partial charge in [-0.25, -0.2) is 0 Å². The fourth-order valence-corrected chi connectivity index (χ4v) is 5.42. The third-order valence-corrected chi connectivity index (χ3v) is 7.04. The van der Waals surface area contributed by atoms with Crippen LogP contribution in [0.2, 0.25) is 0 Å². The van der Waals surface area contributed by atoms with Gasteiger partial charge in [0.15, 0.2) is 0 Å². The number of alkyl halides is 3. The zero-order valence-corrected chi connectivity index (χ0v) is 17.6. The number of fused-ring (bicyclic) bond motifs is 1. The van der Waals surface area contributed by atoms with E-state index < -0.39 is 11.7 Å². The third kappa shape index (κ3) is 4.40. The van der Waals surface area contributed by atoms with Crippen molar-refractivity contribution in [2.24, 2.45) is 0 Å². The monoisotopic (exact) mass is 431 g/mol. The second-order valence-electron chi connectivity index (χ2n) is 7.69. The maximum Gasteiger partial charge on any atom is 0.416 e. The molecule has 0 amide bonds. The molecule has 0 fully saturated rings. The summed E-state index contributed by atoms with van der Waals surface area (Å²) in [6.45, 7) is 4.04. The van der Waals surface area contributed by atoms with Crippen molar-refractivity contribution >= 4 is 11.3 Å². The van der Waals surface area contributed by atoms with Crippen molar-refractivity contribution in [2.45, 2.75) is 38.4 Å². The summed E-state index contributed by atoms with van der Waals surface area (Å²) in [5.74, 6) is 0.314. The molecule has 158 valence electrons. The van der Waals surface area contributed by atoms with Gasteiger partial charge in [0.05, 0.1) is 5.56 Å². The second-order valence-corrected chi connectivity index (χ2v) is 8.81. The van der Waals surface area contributed by atoms with Crippen LogP contribution in [0.4, 0.5) is 13.2 Å². The van der Waals surface area contributed by atoms with Crippen LogP contribution in [0.15, 0.2) is 54.6 Å². The molecular formula is C24H24F3NOS. The summed E-state index contributed by atoms with van der Waals surface area (Å²) in [5.41, 5.74) is 2.70. The Kier molecular flexibility index (Phi) is 5.89. The van der Waals surface area contributed by atoms with Gasteiger partial charge < -0.3 is 5.11 Å². The minimum absolute atomic E-state index is 0.279. The van der Waals surface area contributed by atoms with Crippen molar-refractivity contribution < 1.29 is 18.3 Å². The van der Waals surface area contributed by atoms with Crippen molar-refractivity contribution in [3.63, 3.8) is 0 Å². The lowest BCUT2D eigenvalue weighted by Gasteiger charge is -2.29. The Labute approximate surface area is 178 Å². The molecule has 1 N–H and O–H groups in total. The minimum Gasteiger partial charge on any atom is -0.508 e. The third-order valence-electron chi connectivity index (χ3n) is 5.81. The molecule has 3 aromatic rings. The van der Waals surface area contributed by atoms with Crippen molar-refractivity contribution in [3.8, 4) is 16.2 Å². The van der Waals surface area contributed by atoms with Crippen LogP contribution in [-0.4, -0.2) is 23.1 Å². The Morgan fingerprint density at radius 3 is 2.33 bits per heavy atom. The molecule has 1 aromatic heterocycles. The Morgan fingerprint density at radius 1 is 0.967 bits per heavy atom. The SMILES string of the molecule is CCC(c1ccc(-c2ccc(C(F)(F)F)cc2)s1)N1CCc2ccc(O)cc2CC1. The highest BCUT2D eigenvalue weighted by Gasteiger charge is 2.30. The maximum absolute atomic E-state index is 12.8. The fraction of sp³-hybridized carbons (Fsp3) is 0.333. The molecule has 2 aromatic carbocycles. The molecule has 0 aliphatic carbocycles. The van der Waals surface area contributed by atoms with E-state index in [0.717, 1.165) is 54.9 Å². The van der Waals surface area contributed by atoms with E-state index in [-0.39, 0.29) is 6.04 Å². The van der Waals surface area contributed by atoms with Gasteiger partial charge >= 0.3 is 6.18 Å². The van der Waals surface area contributed by atoms with E-state index >= 15 is 0 Å². The molecule has 2 nitrogen and oxygen atoms in total. The number of hydrogen-bond acceptors (Lipinski definition) is 3. The number of halogens is 3. The average Bonchev–Trinajstić information content (AvgIpc) is 3.11. The van der Waals surface area contributed by atoms with Crippen molar-refractivity contribution in [1.29, 1.82) is 0 Å². The zero-order chi connectivity index (χ0) is 21.3. The predicted molar refractivity (Wildman–Crippen MR) is 115 cm³/mol. The number of thiophene rings is 1. The van der Waals surface area contributed by atoms with E-state index in [4.69, 9.17) is 0 Å². The largest absolute Gasteiger partial charge is 0.508 e. The highest BCUT2D eigenvalue weighted by molar-refractivity contribution is 7.15. The van der Waals surface area contributed by atoms with Crippen LogP contribution in [0.3, 0.4) is 0 Å². The van der Waals surface area contributed by atoms with Crippen LogP contribution in [0, 0.1) is 0 Å². The van der Waals surface area contributed by atoms with Crippen molar-refractivity contribution in [2.75, 3.05) is 13.1 Å². The number of phenolic OH excluding ortho intramolecular Hbond substituents is 1. The molecule has 30 heavy (non-hydrogen) atoms. The average molecular weight is 432 g/mol. The number of phenols is 1. The summed E-state index contributed by atoms with van der Waals surface area (Å²) in [5, 5.41) is 9.78. The molecule has 1 aliphatic rings. The fourth-order valence-electron chi connectivity index (χ4n) is 4.19. The standard InChI is InChI=1S/C24H24F3NOS/c1-2-21(28-13-11-16-5-8-20(29)15-18(16)12-14-28)23-10-9-22(30-23)17-3-6-19(7-4-17)24(25,26)27/h3-10,15,21,29H,2,11-14H2,1H3. The molecule has 1 unspecified atom stereocenters. The number of benzene rings is 2. The lowest BCUT2D eigenvalue weighted by atomic mass is 10.0. The molecule has 4 rings (SSSR count). The summed E-state index contributed by atoms with van der Waals surface area (Å²) < 4.78 is 38.5. The van der Waals surface area contributed by atoms with Crippen molar-refractivity contribution in [3.05, 3.63) is 76.2 Å². The van der Waals surface area contributed by atoms with Gasteiger partial charge in [0.1, 0.15) is 5.75 Å². The molecule has 0 bridgehead atoms. The van der Waals surface area contributed by atoms with Crippen LogP contribution in [0.25, 0.3) is 10.4 Å². The first kappa shape index (κ1) is 20.9. The summed E-state index contributed by atoms with van der Waals surface area (Å²) in [6, 6.07) is 15.4. The highest BCUT2D eigenvalue weighted by Crippen LogP contribution is 2.37. The van der Waals surface area contributed by atoms with Gasteiger partial charge in [-0.15, -0.1) is 11.3 Å². The van der Waals surface area contributed by atoms with E-state index in [1.54, 1.807) is 29.5 Å². The molecule has 0 spiro atoms. The molecule has 2 heterocycles. The molecule has 1 aliphatic heterocycles. The van der Waals surface area contributed by atoms with E-state index in [0.29, 0.717) is 5.75 Å². The highest BCUT2D eigenvalue weighted by atomic mass is 32.1. The Morgan fingerprint density at radius 2 is 1.67 bits per heavy atom. The Hall–Kier alpha value is -2.31. The minimum atomic E-state index is -4.31. The second kappa shape index (κ2) is 8.44. The lowest BCUT2D eigenvalue weighted by Crippen LogP contribution is -2.30. The van der Waals surface area contributed by atoms with Crippen LogP contribution in [0.1, 0.15) is 41.0 Å². The summed E-state index contributed by atoms with van der Waals surface area (Å²) in [4.78, 5) is 4.71. The van der Waals surface area contributed by atoms with Gasteiger partial charge in [0, 0.05) is 28.9 Å². The number of rotatable bonds is 4. The first-order valence-electron chi connectivity index (χ1n) is 10.2. The quantitative estimate of drug-likeness (QED) is 0.497. The summed E-state index contributed by atoms with van der Waals surface area (Å²) in [7, 11) is 0. The summed E-state index contributed by atoms with van der Waals surface area (Å²) in [6.07, 6.45) is -1.50. The summed E-state index contributed by atoms with van der Waals surface area (Å²) >= 11 is 1.66. The van der Waals surface area contributed by atoms with E-state index in [2.05, 4.69) is 17.9 Å². The molecular weight excluding hydrogens is 407 g/mol. The first-order valence-corrected chi connectivity index (χ1v) is 11.0. The van der Waals surface area contributed by atoms with Gasteiger partial charge in [0.25, 0.3) is 0 Å². The molecule has 0 saturated heterocycles. The van der Waals surface area contributed by atoms with Gasteiger partial charge in [-0.2, -0.15) is 13.2 Å². The van der Waals surface area contributed by atoms with Crippen LogP contribution in [0.5, 0.6) is 5.75 Å². The zero-order valence-electron chi connectivity index (χ0n) is 16.7. The predicted octanol–water partition coefficient (Wildman–Crippen LogP) is 6.69. The van der Waals surface area contributed by atoms with Crippen LogP contribution >= 0.6 is 11.3 Å². The molecule has 6 heteroatoms. The smallest absolute Gasteiger partial charge is 0.416 e. The van der Waals surface area contributed by atoms with E-state index in [9.17, 15) is 18.3 Å². The van der Waals surface area contributed by atoms with Crippen molar-refractivity contribution in [1.82, 2.24) is 4.90 Å². The molecule has 0 saturated carbocycles. The van der Waals surface area contributed by atoms with Crippen LogP contribution < -0.4 is 0 Å². The van der Waals surface area contributed by atoms with Gasteiger partial charge in [-0.3, -0.25) is 4.90 Å². The number of nitrogens with zero attached hydrogens (tertiary/aromatic N) is 1. The van der Waals surface area contributed by atoms with Crippen LogP contribution in [-0.2, 0) is 19.0 Å². The first-order chi connectivity index (χ1) is 14.3. The van der Waals surface area contributed by atoms with E-state index in [1.165, 1.54) is 16.0 Å².